The maximum atomic E-state index is 10.7. The molecular formula is C11H14O4. The minimum atomic E-state index is -1.00. The van der Waals surface area contributed by atoms with Crippen molar-refractivity contribution < 1.29 is 20.1 Å². The Kier molecular flexibility index (Phi) is 3.31. The number of aromatic hydroxyl groups is 1. The summed E-state index contributed by atoms with van der Waals surface area (Å²) in [6, 6.07) is 6.45. The minimum absolute atomic E-state index is 0.00954. The Morgan fingerprint density at radius 2 is 2.00 bits per heavy atom. The van der Waals surface area contributed by atoms with Crippen LogP contribution in [0.1, 0.15) is 18.9 Å². The van der Waals surface area contributed by atoms with Gasteiger partial charge >= 0.3 is 5.97 Å². The number of phenols is 1. The summed E-state index contributed by atoms with van der Waals surface area (Å²) in [6.07, 6.45) is -0.221. The van der Waals surface area contributed by atoms with E-state index < -0.39 is 11.4 Å². The van der Waals surface area contributed by atoms with Crippen molar-refractivity contribution in [3.05, 3.63) is 29.8 Å². The van der Waals surface area contributed by atoms with E-state index in [1.807, 2.05) is 0 Å². The third-order valence-corrected chi connectivity index (χ3v) is 2.44. The average Bonchev–Trinajstić information content (AvgIpc) is 2.17. The van der Waals surface area contributed by atoms with Gasteiger partial charge in [0.05, 0.1) is 13.0 Å². The summed E-state index contributed by atoms with van der Waals surface area (Å²) >= 11 is 0. The number of hydrogen-bond donors (Lipinski definition) is 3. The van der Waals surface area contributed by atoms with Crippen LogP contribution in [0.4, 0.5) is 0 Å². The molecular weight excluding hydrogens is 196 g/mol. The van der Waals surface area contributed by atoms with E-state index >= 15 is 0 Å². The molecule has 1 aromatic rings. The van der Waals surface area contributed by atoms with Gasteiger partial charge in [-0.1, -0.05) is 25.1 Å². The lowest BCUT2D eigenvalue weighted by Gasteiger charge is -2.26. The second-order valence-electron chi connectivity index (χ2n) is 3.81. The summed E-state index contributed by atoms with van der Waals surface area (Å²) in [5.41, 5.74) is -0.494. The van der Waals surface area contributed by atoms with Crippen LogP contribution in [0, 0.1) is 0 Å². The normalized spacial score (nSPS) is 14.5. The fourth-order valence-corrected chi connectivity index (χ4v) is 1.55. The number of rotatable bonds is 4. The first-order chi connectivity index (χ1) is 6.99. The van der Waals surface area contributed by atoms with E-state index in [0.717, 1.165) is 0 Å². The van der Waals surface area contributed by atoms with Gasteiger partial charge in [0.1, 0.15) is 5.75 Å². The zero-order valence-electron chi connectivity index (χ0n) is 8.47. The molecule has 82 valence electrons. The molecule has 1 rings (SSSR count). The van der Waals surface area contributed by atoms with Gasteiger partial charge in [0.2, 0.25) is 0 Å². The van der Waals surface area contributed by atoms with Crippen molar-refractivity contribution >= 4 is 5.97 Å². The van der Waals surface area contributed by atoms with Crippen molar-refractivity contribution in [3.63, 3.8) is 0 Å². The van der Waals surface area contributed by atoms with Crippen LogP contribution >= 0.6 is 0 Å². The Labute approximate surface area is 87.8 Å². The standard InChI is InChI=1S/C11H14O4/c1-11(7-12,6-10(14)15)8-4-2-3-5-9(8)13/h2-5,12-13H,6-7H2,1H3,(H,14,15). The number of carboxylic acid groups (broad SMARTS) is 1. The Hall–Kier alpha value is -1.55. The molecule has 1 atom stereocenters. The van der Waals surface area contributed by atoms with E-state index in [1.54, 1.807) is 25.1 Å². The van der Waals surface area contributed by atoms with Crippen LogP contribution in [0.3, 0.4) is 0 Å². The average molecular weight is 210 g/mol. The summed E-state index contributed by atoms with van der Waals surface area (Å²) < 4.78 is 0. The third-order valence-electron chi connectivity index (χ3n) is 2.44. The van der Waals surface area contributed by atoms with Gasteiger partial charge in [-0.05, 0) is 6.07 Å². The molecule has 15 heavy (non-hydrogen) atoms. The molecule has 0 radical (unpaired) electrons. The Morgan fingerprint density at radius 1 is 1.40 bits per heavy atom. The fourth-order valence-electron chi connectivity index (χ4n) is 1.55. The van der Waals surface area contributed by atoms with Gasteiger partial charge in [-0.25, -0.2) is 0 Å². The van der Waals surface area contributed by atoms with Crippen LogP contribution in [-0.2, 0) is 10.2 Å². The smallest absolute Gasteiger partial charge is 0.304 e. The van der Waals surface area contributed by atoms with Gasteiger partial charge in [0, 0.05) is 11.0 Å². The maximum Gasteiger partial charge on any atom is 0.304 e. The molecule has 4 heteroatoms. The van der Waals surface area contributed by atoms with Crippen LogP contribution in [0.15, 0.2) is 24.3 Å². The van der Waals surface area contributed by atoms with Crippen LogP contribution < -0.4 is 0 Å². The first-order valence-electron chi connectivity index (χ1n) is 4.61. The van der Waals surface area contributed by atoms with Crippen molar-refractivity contribution in [2.24, 2.45) is 0 Å². The molecule has 1 aromatic carbocycles. The number of aliphatic hydroxyl groups is 1. The van der Waals surface area contributed by atoms with Gasteiger partial charge in [-0.2, -0.15) is 0 Å². The quantitative estimate of drug-likeness (QED) is 0.695. The number of phenolic OH excluding ortho intramolecular Hbond substituents is 1. The second kappa shape index (κ2) is 4.31. The molecule has 0 heterocycles. The first-order valence-corrected chi connectivity index (χ1v) is 4.61. The van der Waals surface area contributed by atoms with Crippen LogP contribution in [0.5, 0.6) is 5.75 Å². The Bertz CT molecular complexity index is 361. The molecule has 1 unspecified atom stereocenters. The molecule has 0 bridgehead atoms. The number of aliphatic hydroxyl groups excluding tert-OH is 1. The highest BCUT2D eigenvalue weighted by Gasteiger charge is 2.31. The maximum absolute atomic E-state index is 10.7. The molecule has 3 N–H and O–H groups in total. The summed E-state index contributed by atoms with van der Waals surface area (Å²) in [7, 11) is 0. The molecule has 0 aromatic heterocycles. The van der Waals surface area contributed by atoms with Crippen LogP contribution in [0.25, 0.3) is 0 Å². The SMILES string of the molecule is CC(CO)(CC(=O)O)c1ccccc1O. The van der Waals surface area contributed by atoms with Crippen LogP contribution in [0.2, 0.25) is 0 Å². The number of benzene rings is 1. The summed E-state index contributed by atoms with van der Waals surface area (Å²) in [6.45, 7) is 1.28. The van der Waals surface area contributed by atoms with Gasteiger partial charge in [-0.15, -0.1) is 0 Å². The van der Waals surface area contributed by atoms with Crippen LogP contribution in [-0.4, -0.2) is 27.9 Å². The highest BCUT2D eigenvalue weighted by Crippen LogP contribution is 2.33. The number of carbonyl (C=O) groups is 1. The first kappa shape index (κ1) is 11.5. The summed E-state index contributed by atoms with van der Waals surface area (Å²) in [5, 5.41) is 27.6. The number of para-hydroxylation sites is 1. The van der Waals surface area contributed by atoms with Gasteiger partial charge in [0.25, 0.3) is 0 Å². The number of carboxylic acids is 1. The summed E-state index contributed by atoms with van der Waals surface area (Å²) in [4.78, 5) is 10.7. The lowest BCUT2D eigenvalue weighted by Crippen LogP contribution is -2.29. The molecule has 0 fully saturated rings. The zero-order valence-corrected chi connectivity index (χ0v) is 8.47. The van der Waals surface area contributed by atoms with E-state index in [4.69, 9.17) is 5.11 Å². The highest BCUT2D eigenvalue weighted by atomic mass is 16.4. The molecule has 0 saturated heterocycles. The zero-order chi connectivity index (χ0) is 11.5. The van der Waals surface area contributed by atoms with Gasteiger partial charge < -0.3 is 15.3 Å². The molecule has 0 amide bonds. The van der Waals surface area contributed by atoms with Crippen molar-refractivity contribution in [2.45, 2.75) is 18.8 Å². The van der Waals surface area contributed by atoms with Crippen molar-refractivity contribution in [2.75, 3.05) is 6.61 Å². The fraction of sp³-hybridized carbons (Fsp3) is 0.364. The molecule has 0 aliphatic heterocycles. The topological polar surface area (TPSA) is 77.8 Å². The predicted molar refractivity (Wildman–Crippen MR) is 54.8 cm³/mol. The lowest BCUT2D eigenvalue weighted by molar-refractivity contribution is -0.138. The van der Waals surface area contributed by atoms with E-state index in [2.05, 4.69) is 0 Å². The minimum Gasteiger partial charge on any atom is -0.508 e. The summed E-state index contributed by atoms with van der Waals surface area (Å²) in [5.74, 6) is -0.995. The van der Waals surface area contributed by atoms with Gasteiger partial charge in [-0.3, -0.25) is 4.79 Å². The highest BCUT2D eigenvalue weighted by molar-refractivity contribution is 5.69. The second-order valence-corrected chi connectivity index (χ2v) is 3.81. The van der Waals surface area contributed by atoms with Crippen molar-refractivity contribution in [3.8, 4) is 5.75 Å². The van der Waals surface area contributed by atoms with Crippen molar-refractivity contribution in [1.29, 1.82) is 0 Å². The third kappa shape index (κ3) is 2.47. The van der Waals surface area contributed by atoms with Gasteiger partial charge in [0.15, 0.2) is 0 Å². The number of aliphatic carboxylic acids is 1. The monoisotopic (exact) mass is 210 g/mol. The largest absolute Gasteiger partial charge is 0.508 e. The van der Waals surface area contributed by atoms with Crippen molar-refractivity contribution in [1.82, 2.24) is 0 Å². The Morgan fingerprint density at radius 3 is 2.47 bits per heavy atom. The molecule has 0 spiro atoms. The van der Waals surface area contributed by atoms with E-state index in [9.17, 15) is 15.0 Å². The van der Waals surface area contributed by atoms with E-state index in [1.165, 1.54) is 6.07 Å². The molecule has 4 nitrogen and oxygen atoms in total. The lowest BCUT2D eigenvalue weighted by atomic mass is 9.80. The molecule has 0 aliphatic carbocycles. The number of hydrogen-bond acceptors (Lipinski definition) is 3. The molecule has 0 aliphatic rings. The van der Waals surface area contributed by atoms with E-state index in [0.29, 0.717) is 5.56 Å². The van der Waals surface area contributed by atoms with E-state index in [-0.39, 0.29) is 18.8 Å². The Balaban J connectivity index is 3.11. The predicted octanol–water partition coefficient (Wildman–Crippen LogP) is 1.12. The molecule has 0 saturated carbocycles.